The van der Waals surface area contributed by atoms with E-state index in [4.69, 9.17) is 4.74 Å². The summed E-state index contributed by atoms with van der Waals surface area (Å²) in [5.74, 6) is 0. The minimum Gasteiger partial charge on any atom is -0.501 e. The summed E-state index contributed by atoms with van der Waals surface area (Å²) in [6, 6.07) is 3.75. The van der Waals surface area contributed by atoms with Crippen LogP contribution in [0.15, 0.2) is 30.2 Å². The minimum atomic E-state index is -0.570. The largest absolute Gasteiger partial charge is 0.501 e. The molecule has 2 rings (SSSR count). The van der Waals surface area contributed by atoms with Crippen LogP contribution in [0.3, 0.4) is 0 Å². The molecule has 0 aliphatic carbocycles. The van der Waals surface area contributed by atoms with Gasteiger partial charge in [-0.3, -0.25) is 4.98 Å². The number of aliphatic hydroxyl groups is 1. The van der Waals surface area contributed by atoms with Gasteiger partial charge in [0.15, 0.2) is 0 Å². The molecule has 15 heavy (non-hydrogen) atoms. The van der Waals surface area contributed by atoms with Crippen LogP contribution in [0.1, 0.15) is 30.2 Å². The summed E-state index contributed by atoms with van der Waals surface area (Å²) < 4.78 is 5.22. The molecule has 0 fully saturated rings. The summed E-state index contributed by atoms with van der Waals surface area (Å²) in [4.78, 5) is 4.17. The van der Waals surface area contributed by atoms with Crippen LogP contribution in [0.2, 0.25) is 0 Å². The lowest BCUT2D eigenvalue weighted by Gasteiger charge is -2.19. The number of hydrogen-bond donors (Lipinski definition) is 1. The lowest BCUT2D eigenvalue weighted by Crippen LogP contribution is -2.09. The number of aryl methyl sites for hydroxylation is 1. The highest BCUT2D eigenvalue weighted by Gasteiger charge is 2.17. The molecule has 0 bridgehead atoms. The van der Waals surface area contributed by atoms with Crippen molar-refractivity contribution in [1.29, 1.82) is 0 Å². The topological polar surface area (TPSA) is 42.4 Å². The highest BCUT2D eigenvalue weighted by atomic mass is 16.5. The molecule has 0 amide bonds. The van der Waals surface area contributed by atoms with E-state index in [-0.39, 0.29) is 0 Å². The van der Waals surface area contributed by atoms with Crippen LogP contribution in [0.5, 0.6) is 0 Å². The third kappa shape index (κ3) is 2.18. The number of ether oxygens (including phenoxy) is 1. The van der Waals surface area contributed by atoms with Gasteiger partial charge in [0.25, 0.3) is 0 Å². The average Bonchev–Trinajstić information content (AvgIpc) is 2.30. The van der Waals surface area contributed by atoms with Crippen LogP contribution in [-0.4, -0.2) is 16.7 Å². The van der Waals surface area contributed by atoms with E-state index in [2.05, 4.69) is 4.98 Å². The second-order valence-corrected chi connectivity index (χ2v) is 3.75. The SMILES string of the molecule is Cc1ncccc1C(O)C1=COCCC1. The fourth-order valence-corrected chi connectivity index (χ4v) is 1.77. The lowest BCUT2D eigenvalue weighted by molar-refractivity contribution is 0.170. The molecule has 0 saturated carbocycles. The van der Waals surface area contributed by atoms with Crippen LogP contribution < -0.4 is 0 Å². The van der Waals surface area contributed by atoms with Gasteiger partial charge in [0.2, 0.25) is 0 Å². The Bertz CT molecular complexity index is 374. The van der Waals surface area contributed by atoms with Crippen LogP contribution in [0.4, 0.5) is 0 Å². The Morgan fingerprint density at radius 2 is 2.40 bits per heavy atom. The number of pyridine rings is 1. The van der Waals surface area contributed by atoms with E-state index in [1.54, 1.807) is 12.5 Å². The zero-order valence-corrected chi connectivity index (χ0v) is 8.81. The fraction of sp³-hybridized carbons (Fsp3) is 0.417. The number of rotatable bonds is 2. The summed E-state index contributed by atoms with van der Waals surface area (Å²) >= 11 is 0. The standard InChI is InChI=1S/C12H15NO2/c1-9-11(5-2-6-13-9)12(14)10-4-3-7-15-8-10/h2,5-6,8,12,14H,3-4,7H2,1H3. The predicted octanol–water partition coefficient (Wildman–Crippen LogP) is 2.12. The smallest absolute Gasteiger partial charge is 0.105 e. The van der Waals surface area contributed by atoms with E-state index >= 15 is 0 Å². The van der Waals surface area contributed by atoms with Gasteiger partial charge in [0.1, 0.15) is 6.10 Å². The lowest BCUT2D eigenvalue weighted by atomic mass is 9.97. The Hall–Kier alpha value is -1.35. The van der Waals surface area contributed by atoms with E-state index in [1.807, 2.05) is 19.1 Å². The molecule has 1 N–H and O–H groups in total. The van der Waals surface area contributed by atoms with Crippen LogP contribution >= 0.6 is 0 Å². The van der Waals surface area contributed by atoms with E-state index in [0.29, 0.717) is 0 Å². The molecule has 0 saturated heterocycles. The van der Waals surface area contributed by atoms with Gasteiger partial charge < -0.3 is 9.84 Å². The molecular formula is C12H15NO2. The molecule has 0 spiro atoms. The van der Waals surface area contributed by atoms with Crippen LogP contribution in [-0.2, 0) is 4.74 Å². The Morgan fingerprint density at radius 3 is 3.07 bits per heavy atom. The Balaban J connectivity index is 2.23. The van der Waals surface area contributed by atoms with Crippen molar-refractivity contribution in [2.24, 2.45) is 0 Å². The van der Waals surface area contributed by atoms with Crippen molar-refractivity contribution in [2.45, 2.75) is 25.9 Å². The van der Waals surface area contributed by atoms with Gasteiger partial charge >= 0.3 is 0 Å². The van der Waals surface area contributed by atoms with E-state index in [9.17, 15) is 5.11 Å². The molecule has 1 aliphatic rings. The highest BCUT2D eigenvalue weighted by molar-refractivity contribution is 5.28. The second kappa shape index (κ2) is 4.45. The van der Waals surface area contributed by atoms with Gasteiger partial charge in [-0.25, -0.2) is 0 Å². The van der Waals surface area contributed by atoms with Crippen LogP contribution in [0.25, 0.3) is 0 Å². The van der Waals surface area contributed by atoms with Crippen molar-refractivity contribution in [2.75, 3.05) is 6.61 Å². The molecule has 1 aromatic rings. The van der Waals surface area contributed by atoms with Crippen molar-refractivity contribution in [3.05, 3.63) is 41.4 Å². The maximum Gasteiger partial charge on any atom is 0.105 e. The molecule has 1 atom stereocenters. The minimum absolute atomic E-state index is 0.570. The summed E-state index contributed by atoms with van der Waals surface area (Å²) in [6.07, 6.45) is 4.72. The Labute approximate surface area is 89.4 Å². The summed E-state index contributed by atoms with van der Waals surface area (Å²) in [6.45, 7) is 2.66. The van der Waals surface area contributed by atoms with Gasteiger partial charge in [-0.2, -0.15) is 0 Å². The summed E-state index contributed by atoms with van der Waals surface area (Å²) in [5, 5.41) is 10.1. The fourth-order valence-electron chi connectivity index (χ4n) is 1.77. The molecule has 1 aromatic heterocycles. The molecule has 3 heteroatoms. The Kier molecular flexibility index (Phi) is 3.02. The zero-order valence-electron chi connectivity index (χ0n) is 8.81. The number of aliphatic hydroxyl groups excluding tert-OH is 1. The second-order valence-electron chi connectivity index (χ2n) is 3.75. The third-order valence-electron chi connectivity index (χ3n) is 2.66. The normalized spacial score (nSPS) is 17.9. The van der Waals surface area contributed by atoms with E-state index < -0.39 is 6.10 Å². The molecule has 0 aromatic carbocycles. The van der Waals surface area contributed by atoms with E-state index in [0.717, 1.165) is 36.3 Å². The quantitative estimate of drug-likeness (QED) is 0.804. The maximum absolute atomic E-state index is 10.1. The maximum atomic E-state index is 10.1. The Morgan fingerprint density at radius 1 is 1.53 bits per heavy atom. The van der Waals surface area contributed by atoms with Gasteiger partial charge in [-0.1, -0.05) is 6.07 Å². The first-order valence-corrected chi connectivity index (χ1v) is 5.19. The number of aromatic nitrogens is 1. The monoisotopic (exact) mass is 205 g/mol. The molecular weight excluding hydrogens is 190 g/mol. The van der Waals surface area contributed by atoms with Crippen molar-refractivity contribution in [1.82, 2.24) is 4.98 Å². The first kappa shape index (κ1) is 10.2. The number of nitrogens with zero attached hydrogens (tertiary/aromatic N) is 1. The predicted molar refractivity (Wildman–Crippen MR) is 57.2 cm³/mol. The summed E-state index contributed by atoms with van der Waals surface area (Å²) in [5.41, 5.74) is 2.68. The van der Waals surface area contributed by atoms with Crippen molar-refractivity contribution in [3.8, 4) is 0 Å². The van der Waals surface area contributed by atoms with Crippen LogP contribution in [0, 0.1) is 6.92 Å². The molecule has 1 unspecified atom stereocenters. The van der Waals surface area contributed by atoms with E-state index in [1.165, 1.54) is 0 Å². The molecule has 2 heterocycles. The number of hydrogen-bond acceptors (Lipinski definition) is 3. The first-order chi connectivity index (χ1) is 7.29. The first-order valence-electron chi connectivity index (χ1n) is 5.19. The van der Waals surface area contributed by atoms with Gasteiger partial charge in [-0.15, -0.1) is 0 Å². The molecule has 3 nitrogen and oxygen atoms in total. The third-order valence-corrected chi connectivity index (χ3v) is 2.66. The average molecular weight is 205 g/mol. The highest BCUT2D eigenvalue weighted by Crippen LogP contribution is 2.28. The van der Waals surface area contributed by atoms with Gasteiger partial charge in [0, 0.05) is 17.5 Å². The van der Waals surface area contributed by atoms with Gasteiger partial charge in [0.05, 0.1) is 12.9 Å². The van der Waals surface area contributed by atoms with Gasteiger partial charge in [-0.05, 0) is 31.4 Å². The van der Waals surface area contributed by atoms with Crippen molar-refractivity contribution in [3.63, 3.8) is 0 Å². The summed E-state index contributed by atoms with van der Waals surface area (Å²) in [7, 11) is 0. The molecule has 80 valence electrons. The van der Waals surface area contributed by atoms with Crippen molar-refractivity contribution < 1.29 is 9.84 Å². The van der Waals surface area contributed by atoms with Crippen molar-refractivity contribution >= 4 is 0 Å². The molecule has 0 radical (unpaired) electrons. The molecule has 1 aliphatic heterocycles. The zero-order chi connectivity index (χ0) is 10.7.